The molecule has 3 heterocycles. The van der Waals surface area contributed by atoms with E-state index in [0.717, 1.165) is 5.56 Å². The lowest BCUT2D eigenvalue weighted by Crippen LogP contribution is -2.40. The molecule has 3 aromatic rings. The molecule has 1 fully saturated rings. The Morgan fingerprint density at radius 2 is 1.89 bits per heavy atom. The van der Waals surface area contributed by atoms with Crippen LogP contribution in [0, 0.1) is 17.6 Å². The Morgan fingerprint density at radius 1 is 1.09 bits per heavy atom. The molecule has 0 spiro atoms. The minimum Gasteiger partial charge on any atom is -0.473 e. The number of aromatic nitrogens is 2. The van der Waals surface area contributed by atoms with E-state index in [0.29, 0.717) is 38.0 Å². The SMILES string of the molecule is O=C(NCc1ccccc1)C1CCN(c2ccc(-c3cnn(C4C=CC=CO4)c3)c(F)c2F)CC1.[H+].[H+].[H+].[H+]. The van der Waals surface area contributed by atoms with Gasteiger partial charge in [-0.25, -0.2) is 13.5 Å². The van der Waals surface area contributed by atoms with Gasteiger partial charge in [0.25, 0.3) is 0 Å². The zero-order valence-corrected chi connectivity index (χ0v) is 19.1. The molecule has 2 aliphatic rings. The van der Waals surface area contributed by atoms with Crippen LogP contribution in [0.3, 0.4) is 0 Å². The first-order valence-electron chi connectivity index (χ1n) is 11.7. The van der Waals surface area contributed by atoms with E-state index >= 15 is 8.78 Å². The Hall–Kier alpha value is -3.94. The number of benzene rings is 2. The van der Waals surface area contributed by atoms with Crippen molar-refractivity contribution < 1.29 is 24.0 Å². The van der Waals surface area contributed by atoms with Crippen LogP contribution in [0.4, 0.5) is 14.5 Å². The number of amides is 1. The van der Waals surface area contributed by atoms with Crippen molar-refractivity contribution in [3.63, 3.8) is 0 Å². The molecule has 0 radical (unpaired) electrons. The number of nitrogens with zero attached hydrogens (tertiary/aromatic N) is 3. The molecular weight excluding hydrogens is 450 g/mol. The van der Waals surface area contributed by atoms with Crippen molar-refractivity contribution >= 4 is 11.6 Å². The summed E-state index contributed by atoms with van der Waals surface area (Å²) in [6.45, 7) is 1.45. The van der Waals surface area contributed by atoms with E-state index in [4.69, 9.17) is 4.74 Å². The number of anilines is 1. The monoisotopic (exact) mass is 480 g/mol. The Kier molecular flexibility index (Phi) is 6.61. The Labute approximate surface area is 208 Å². The molecule has 1 unspecified atom stereocenters. The Bertz CT molecular complexity index is 1270. The summed E-state index contributed by atoms with van der Waals surface area (Å²) in [6.07, 6.45) is 10.8. The lowest BCUT2D eigenvalue weighted by molar-refractivity contribution is -0.125. The molecule has 0 saturated carbocycles. The maximum Gasteiger partial charge on any atom is 1.00 e. The van der Waals surface area contributed by atoms with Gasteiger partial charge in [0.05, 0.1) is 18.1 Å². The molecule has 1 saturated heterocycles. The van der Waals surface area contributed by atoms with Gasteiger partial charge in [-0.2, -0.15) is 5.10 Å². The summed E-state index contributed by atoms with van der Waals surface area (Å²) in [4.78, 5) is 14.4. The van der Waals surface area contributed by atoms with Crippen LogP contribution >= 0.6 is 0 Å². The third kappa shape index (κ3) is 4.96. The first-order valence-corrected chi connectivity index (χ1v) is 11.7. The molecule has 6 nitrogen and oxygen atoms in total. The molecule has 1 N–H and O–H groups in total. The Morgan fingerprint density at radius 3 is 2.63 bits per heavy atom. The fraction of sp³-hybridized carbons (Fsp3) is 0.259. The molecule has 0 bridgehead atoms. The van der Waals surface area contributed by atoms with Gasteiger partial charge in [-0.05, 0) is 42.7 Å². The normalized spacial score (nSPS) is 17.9. The summed E-state index contributed by atoms with van der Waals surface area (Å²) < 4.78 is 37.2. The maximum absolute atomic E-state index is 15.1. The van der Waals surface area contributed by atoms with E-state index in [9.17, 15) is 4.79 Å². The first-order chi connectivity index (χ1) is 17.1. The van der Waals surface area contributed by atoms with Gasteiger partial charge in [0.15, 0.2) is 11.6 Å². The van der Waals surface area contributed by atoms with Crippen LogP contribution in [0.2, 0.25) is 0 Å². The molecule has 5 rings (SSSR count). The number of carbonyl (C=O) groups is 1. The van der Waals surface area contributed by atoms with E-state index in [1.807, 2.05) is 42.5 Å². The van der Waals surface area contributed by atoms with Gasteiger partial charge >= 0.3 is 5.71 Å². The quantitative estimate of drug-likeness (QED) is 0.513. The zero-order valence-electron chi connectivity index (χ0n) is 23.1. The standard InChI is InChI=1S/C27H26F2N4O2/c28-25-22(21-17-31-33(18-21)24-8-4-5-15-35-24)9-10-23(26(25)29)32-13-11-20(12-14-32)27(34)30-16-19-6-2-1-3-7-19/h1-10,15,17-18,20,24H,11-14,16H2,(H,30,34)/p+4. The fourth-order valence-electron chi connectivity index (χ4n) is 4.46. The molecule has 1 aromatic heterocycles. The van der Waals surface area contributed by atoms with Gasteiger partial charge in [0.2, 0.25) is 12.1 Å². The van der Waals surface area contributed by atoms with Gasteiger partial charge in [-0.1, -0.05) is 36.4 Å². The molecule has 1 atom stereocenters. The van der Waals surface area contributed by atoms with E-state index in [2.05, 4.69) is 10.4 Å². The second-order valence-electron chi connectivity index (χ2n) is 8.67. The number of piperidine rings is 1. The molecular formula is C27H30F2N4O2+4. The van der Waals surface area contributed by atoms with Crippen molar-refractivity contribution in [2.45, 2.75) is 25.6 Å². The first kappa shape index (κ1) is 22.8. The highest BCUT2D eigenvalue weighted by Crippen LogP contribution is 2.33. The predicted molar refractivity (Wildman–Crippen MR) is 134 cm³/mol. The van der Waals surface area contributed by atoms with Crippen molar-refractivity contribution in [1.29, 1.82) is 0 Å². The molecule has 2 aromatic carbocycles. The third-order valence-corrected chi connectivity index (χ3v) is 6.43. The lowest BCUT2D eigenvalue weighted by atomic mass is 9.95. The number of hydrogen-bond acceptors (Lipinski definition) is 4. The molecule has 180 valence electrons. The number of nitrogens with one attached hydrogen (secondary N) is 1. The van der Waals surface area contributed by atoms with Crippen LogP contribution in [0.25, 0.3) is 11.1 Å². The van der Waals surface area contributed by atoms with E-state index in [-0.39, 0.29) is 28.8 Å². The highest BCUT2D eigenvalue weighted by molar-refractivity contribution is 5.79. The van der Waals surface area contributed by atoms with Crippen LogP contribution < -0.4 is 10.2 Å². The van der Waals surface area contributed by atoms with Crippen molar-refractivity contribution in [2.75, 3.05) is 18.0 Å². The molecule has 35 heavy (non-hydrogen) atoms. The number of rotatable bonds is 6. The number of ether oxygens (including phenoxy) is 1. The van der Waals surface area contributed by atoms with Crippen LogP contribution in [-0.4, -0.2) is 28.8 Å². The summed E-state index contributed by atoms with van der Waals surface area (Å²) in [5.41, 5.74) is 1.86. The molecule has 2 aliphatic heterocycles. The van der Waals surface area contributed by atoms with E-state index in [1.165, 1.54) is 6.20 Å². The van der Waals surface area contributed by atoms with Gasteiger partial charge in [0.1, 0.15) is 0 Å². The number of allylic oxidation sites excluding steroid dienone is 2. The summed E-state index contributed by atoms with van der Waals surface area (Å²) in [6, 6.07) is 12.9. The van der Waals surface area contributed by atoms with E-state index < -0.39 is 17.9 Å². The largest absolute Gasteiger partial charge is 1.00 e. The third-order valence-electron chi connectivity index (χ3n) is 6.43. The molecule has 1 amide bonds. The number of carbonyl (C=O) groups excluding carboxylic acids is 1. The fourth-order valence-corrected chi connectivity index (χ4v) is 4.46. The highest BCUT2D eigenvalue weighted by atomic mass is 19.2. The average Bonchev–Trinajstić information content (AvgIpc) is 3.40. The second kappa shape index (κ2) is 10.1. The van der Waals surface area contributed by atoms with Gasteiger partial charge in [0, 0.05) is 42.9 Å². The van der Waals surface area contributed by atoms with Crippen LogP contribution in [0.15, 0.2) is 79.3 Å². The second-order valence-corrected chi connectivity index (χ2v) is 8.67. The maximum atomic E-state index is 15.1. The molecule has 8 heteroatoms. The summed E-state index contributed by atoms with van der Waals surface area (Å²) in [5.74, 6) is -1.94. The van der Waals surface area contributed by atoms with Gasteiger partial charge < -0.3 is 15.0 Å². The highest BCUT2D eigenvalue weighted by Gasteiger charge is 2.28. The Balaban J connectivity index is 0.00000190. The summed E-state index contributed by atoms with van der Waals surface area (Å²) in [7, 11) is 0. The van der Waals surface area contributed by atoms with Gasteiger partial charge in [-0.15, -0.1) is 0 Å². The van der Waals surface area contributed by atoms with Crippen LogP contribution in [0.1, 0.15) is 30.3 Å². The van der Waals surface area contributed by atoms with Crippen LogP contribution in [-0.2, 0) is 16.1 Å². The smallest absolute Gasteiger partial charge is 0.473 e. The minimum atomic E-state index is -0.912. The van der Waals surface area contributed by atoms with Crippen molar-refractivity contribution in [2.24, 2.45) is 5.92 Å². The van der Waals surface area contributed by atoms with Crippen LogP contribution in [0.5, 0.6) is 0 Å². The number of hydrogen-bond donors (Lipinski definition) is 1. The molecule has 0 aliphatic carbocycles. The summed E-state index contributed by atoms with van der Waals surface area (Å²) in [5, 5.41) is 7.21. The predicted octanol–water partition coefficient (Wildman–Crippen LogP) is 5.41. The topological polar surface area (TPSA) is 59.4 Å². The summed E-state index contributed by atoms with van der Waals surface area (Å²) >= 11 is 0. The van der Waals surface area contributed by atoms with Crippen molar-refractivity contribution in [3.05, 3.63) is 96.5 Å². The van der Waals surface area contributed by atoms with Gasteiger partial charge in [-0.3, -0.25) is 4.79 Å². The van der Waals surface area contributed by atoms with Crippen molar-refractivity contribution in [1.82, 2.24) is 15.1 Å². The lowest BCUT2D eigenvalue weighted by Gasteiger charge is -2.33. The zero-order chi connectivity index (χ0) is 24.2. The average molecular weight is 481 g/mol. The van der Waals surface area contributed by atoms with Crippen molar-refractivity contribution in [3.8, 4) is 11.1 Å². The minimum absolute atomic E-state index is 0. The number of halogens is 2. The van der Waals surface area contributed by atoms with E-state index in [1.54, 1.807) is 40.2 Å².